The van der Waals surface area contributed by atoms with Gasteiger partial charge in [0.2, 0.25) is 11.8 Å². The smallest absolute Gasteiger partial charge is 0.235 e. The third-order valence-corrected chi connectivity index (χ3v) is 20.0. The maximum Gasteiger partial charge on any atom is 0.235 e. The molecule has 4 aliphatic heterocycles. The Morgan fingerprint density at radius 3 is 1.58 bits per heavy atom. The lowest BCUT2D eigenvalue weighted by atomic mass is 9.46. The summed E-state index contributed by atoms with van der Waals surface area (Å²) in [6.07, 6.45) is 1.69. The van der Waals surface area contributed by atoms with Gasteiger partial charge in [-0.3, -0.25) is 38.4 Å². The summed E-state index contributed by atoms with van der Waals surface area (Å²) >= 11 is 0. The highest BCUT2D eigenvalue weighted by Crippen LogP contribution is 2.74. The van der Waals surface area contributed by atoms with Gasteiger partial charge >= 0.3 is 0 Å². The highest BCUT2D eigenvalue weighted by Gasteiger charge is 2.88. The predicted octanol–water partition coefficient (Wildman–Crippen LogP) is 4.63. The monoisotopic (exact) mass is 977 g/mol. The molecule has 14 nitrogen and oxygen atoms in total. The summed E-state index contributed by atoms with van der Waals surface area (Å²) in [5.41, 5.74) is -6.77. The topological polar surface area (TPSA) is 231 Å². The van der Waals surface area contributed by atoms with Gasteiger partial charge in [-0.15, -0.1) is 0 Å². The number of ether oxygens (including phenoxy) is 1. The Kier molecular flexibility index (Phi) is 11.6. The van der Waals surface area contributed by atoms with Gasteiger partial charge in [0.05, 0.1) is 41.3 Å². The molecule has 0 aromatic heterocycles. The van der Waals surface area contributed by atoms with Crippen LogP contribution in [0.1, 0.15) is 115 Å². The van der Waals surface area contributed by atoms with Crippen LogP contribution in [0, 0.1) is 87.3 Å². The lowest BCUT2D eigenvalue weighted by Crippen LogP contribution is -2.65. The number of amides is 2. The Balaban J connectivity index is 1.28. The zero-order valence-corrected chi connectivity index (χ0v) is 43.0. The maximum absolute atomic E-state index is 17.2. The fourth-order valence-electron chi connectivity index (χ4n) is 17.0. The molecule has 4 saturated heterocycles. The van der Waals surface area contributed by atoms with Crippen LogP contribution in [0.5, 0.6) is 0 Å². The lowest BCUT2D eigenvalue weighted by molar-refractivity contribution is -0.161. The van der Waals surface area contributed by atoms with Gasteiger partial charge in [-0.1, -0.05) is 88.1 Å². The number of carbonyl (C=O) groups excluding carboxylic acids is 8. The molecule has 0 aromatic rings. The molecule has 4 heterocycles. The molecule has 20 atom stereocenters. The largest absolute Gasteiger partial charge is 0.385 e. The van der Waals surface area contributed by atoms with Gasteiger partial charge in [0.25, 0.3) is 0 Å². The van der Waals surface area contributed by atoms with E-state index in [9.17, 15) is 15.3 Å². The van der Waals surface area contributed by atoms with Crippen molar-refractivity contribution < 1.29 is 58.4 Å². The van der Waals surface area contributed by atoms with Crippen LogP contribution in [0.25, 0.3) is 0 Å². The summed E-state index contributed by atoms with van der Waals surface area (Å²) in [4.78, 5) is 127. The molecule has 10 aliphatic rings. The number of allylic oxidation sites excluding steroid dienone is 8. The third-order valence-electron chi connectivity index (χ3n) is 20.0. The van der Waals surface area contributed by atoms with Gasteiger partial charge in [-0.25, -0.2) is 0 Å². The zero-order valence-electron chi connectivity index (χ0n) is 43.0. The molecule has 3 unspecified atom stereocenters. The van der Waals surface area contributed by atoms with E-state index in [1.165, 1.54) is 6.92 Å². The van der Waals surface area contributed by atoms with Crippen molar-refractivity contribution >= 4 is 46.5 Å². The second-order valence-corrected chi connectivity index (χ2v) is 24.6. The Morgan fingerprint density at radius 1 is 0.634 bits per heavy atom. The minimum atomic E-state index is -3.26. The summed E-state index contributed by atoms with van der Waals surface area (Å²) in [5.74, 6) is -18.6. The Hall–Kier alpha value is -4.50. The van der Waals surface area contributed by atoms with Crippen LogP contribution < -0.4 is 10.6 Å². The zero-order chi connectivity index (χ0) is 51.7. The van der Waals surface area contributed by atoms with Gasteiger partial charge in [0.1, 0.15) is 23.0 Å². The molecular formula is C57H72N2O12. The molecule has 0 aromatic carbocycles. The molecule has 10 rings (SSSR count). The first kappa shape index (κ1) is 50.1. The van der Waals surface area contributed by atoms with E-state index in [0.717, 1.165) is 16.7 Å². The van der Waals surface area contributed by atoms with Crippen LogP contribution >= 0.6 is 0 Å². The van der Waals surface area contributed by atoms with Crippen molar-refractivity contribution in [1.29, 1.82) is 0 Å². The quantitative estimate of drug-likeness (QED) is 0.192. The van der Waals surface area contributed by atoms with E-state index >= 15 is 38.4 Å². The average Bonchev–Trinajstić information content (AvgIpc) is 4.05. The fraction of sp³-hybridized carbons (Fsp3) is 0.684. The molecule has 14 heteroatoms. The Bertz CT molecular complexity index is 2650. The van der Waals surface area contributed by atoms with E-state index < -0.39 is 158 Å². The number of hydrogen-bond acceptors (Lipinski definition) is 12. The standard InChI is InChI=1S/C57H72N2O12/c1-22(2)16-33-39-28(9)26(7)20-31-18-24(5)12-14-35(60)44(62)37-38(48(65)54(31,39)52(68)58-33)50-56-41(46(37)71-50)30(11)47(64)57(70,51(56)67)42-43(56)49(66)55-32(19-25(6)13-15-36(61)45(42)63)21-27(8)29(10)40(55)34(17-23(3)4)59-53(55)69/h18-23,28-29,31-40,42-43,46,50,60-61,70H,12-17H2,1-11H3,(H,58,68)(H,59,69)/t28-,29-,31+,32+,33+,34+,35-,36-,37+,38+,39+,40+,42+,43+,46+,50?,54+,55+,56?,57?/m1/s1. The van der Waals surface area contributed by atoms with Gasteiger partial charge in [0.15, 0.2) is 40.3 Å². The highest BCUT2D eigenvalue weighted by atomic mass is 16.5. The summed E-state index contributed by atoms with van der Waals surface area (Å²) in [6.45, 7) is 20.9. The van der Waals surface area contributed by atoms with Crippen molar-refractivity contribution in [3.05, 3.63) is 57.7 Å². The Labute approximate surface area is 416 Å². The molecule has 71 heavy (non-hydrogen) atoms. The van der Waals surface area contributed by atoms with Crippen molar-refractivity contribution in [3.63, 3.8) is 0 Å². The number of rotatable bonds is 4. The molecule has 1 saturated carbocycles. The third kappa shape index (κ3) is 6.13. The second kappa shape index (κ2) is 16.5. The van der Waals surface area contributed by atoms with E-state index in [1.54, 1.807) is 6.92 Å². The van der Waals surface area contributed by atoms with E-state index in [4.69, 9.17) is 4.74 Å². The number of Topliss-reactive ketones (excluding diaryl/α,β-unsaturated/α-hetero) is 6. The van der Waals surface area contributed by atoms with Crippen molar-refractivity contribution in [3.8, 4) is 0 Å². The first-order valence-electron chi connectivity index (χ1n) is 26.3. The minimum absolute atomic E-state index is 0.0489. The summed E-state index contributed by atoms with van der Waals surface area (Å²) < 4.78 is 6.96. The summed E-state index contributed by atoms with van der Waals surface area (Å²) in [7, 11) is 0. The Morgan fingerprint density at radius 2 is 1.10 bits per heavy atom. The maximum atomic E-state index is 17.2. The number of nitrogens with one attached hydrogen (secondary N) is 2. The van der Waals surface area contributed by atoms with Crippen molar-refractivity contribution in [2.45, 2.75) is 157 Å². The van der Waals surface area contributed by atoms with Crippen LogP contribution in [0.3, 0.4) is 0 Å². The SMILES string of the molecule is CC1=C[C@H]2C=C(C)[C@@H](C)[C@H]3[C@H](CC(C)C)NC(=O)[C@@]23C(=O)[C@H]2C3O[C@H](C4=C(C)C(=O)C5(O)C(=O)C43[C@@H]3C(=O)[C@@]46C(=O)N[C@@H](CC(C)C)[C@@H]4[C@H](C)C(C)=C[C@@H]6C=C(C)CC[C@@H](O)C(=O)[C@H]35)[C@@H]2C(=O)[C@H](O)CC1. The lowest BCUT2D eigenvalue weighted by Gasteiger charge is -2.51. The van der Waals surface area contributed by atoms with Crippen LogP contribution in [0.15, 0.2) is 57.7 Å². The predicted molar refractivity (Wildman–Crippen MR) is 258 cm³/mol. The number of ketones is 6. The van der Waals surface area contributed by atoms with E-state index in [1.807, 2.05) is 86.6 Å². The molecule has 6 aliphatic carbocycles. The molecule has 5 N–H and O–H groups in total. The van der Waals surface area contributed by atoms with E-state index in [-0.39, 0.29) is 54.6 Å². The van der Waals surface area contributed by atoms with E-state index in [0.29, 0.717) is 18.4 Å². The number of aliphatic hydroxyl groups excluding tert-OH is 2. The van der Waals surface area contributed by atoms with Crippen LogP contribution in [-0.2, 0) is 43.1 Å². The molecule has 2 amide bonds. The number of hydrogen-bond donors (Lipinski definition) is 5. The summed E-state index contributed by atoms with van der Waals surface area (Å²) in [6, 6.07) is -1.05. The molecular weight excluding hydrogens is 905 g/mol. The molecule has 4 bridgehead atoms. The number of aliphatic hydroxyl groups is 3. The molecule has 5 fully saturated rings. The van der Waals surface area contributed by atoms with Crippen LogP contribution in [-0.4, -0.2) is 104 Å². The second-order valence-electron chi connectivity index (χ2n) is 24.6. The average molecular weight is 977 g/mol. The van der Waals surface area contributed by atoms with Gasteiger partial charge in [0, 0.05) is 35.8 Å². The number of fused-ring (bicyclic) bond motifs is 9. The van der Waals surface area contributed by atoms with Gasteiger partial charge in [-0.2, -0.15) is 0 Å². The van der Waals surface area contributed by atoms with Crippen molar-refractivity contribution in [2.24, 2.45) is 87.3 Å². The van der Waals surface area contributed by atoms with E-state index in [2.05, 4.69) is 10.6 Å². The van der Waals surface area contributed by atoms with Gasteiger partial charge < -0.3 is 30.7 Å². The summed E-state index contributed by atoms with van der Waals surface area (Å²) in [5, 5.41) is 43.5. The van der Waals surface area contributed by atoms with Crippen molar-refractivity contribution in [1.82, 2.24) is 10.6 Å². The van der Waals surface area contributed by atoms with Crippen LogP contribution in [0.4, 0.5) is 0 Å². The first-order valence-corrected chi connectivity index (χ1v) is 26.3. The fourth-order valence-corrected chi connectivity index (χ4v) is 17.0. The molecule has 382 valence electrons. The molecule has 0 radical (unpaired) electrons. The van der Waals surface area contributed by atoms with Crippen LogP contribution in [0.2, 0.25) is 0 Å². The minimum Gasteiger partial charge on any atom is -0.385 e. The van der Waals surface area contributed by atoms with Crippen molar-refractivity contribution in [2.75, 3.05) is 0 Å². The first-order chi connectivity index (χ1) is 33.3. The van der Waals surface area contributed by atoms with Gasteiger partial charge in [-0.05, 0) is 108 Å². The molecule has 3 spiro atoms. The normalized spacial score (nSPS) is 47.2. The highest BCUT2D eigenvalue weighted by molar-refractivity contribution is 6.31. The number of carbonyl (C=O) groups is 8.